The second-order valence-corrected chi connectivity index (χ2v) is 16.4. The molecule has 0 aliphatic heterocycles. The number of aromatic nitrogens is 2. The number of hydrogen-bond donors (Lipinski definition) is 2. The van der Waals surface area contributed by atoms with Crippen molar-refractivity contribution in [1.29, 1.82) is 0 Å². The molecule has 2 aromatic heterocycles. The van der Waals surface area contributed by atoms with E-state index in [0.29, 0.717) is 38.1 Å². The van der Waals surface area contributed by atoms with Gasteiger partial charge in [-0.15, -0.1) is 22.7 Å². The van der Waals surface area contributed by atoms with Crippen molar-refractivity contribution < 1.29 is 23.9 Å². The van der Waals surface area contributed by atoms with Crippen molar-refractivity contribution in [3.63, 3.8) is 0 Å². The van der Waals surface area contributed by atoms with Gasteiger partial charge in [-0.2, -0.15) is 0 Å². The summed E-state index contributed by atoms with van der Waals surface area (Å²) in [7, 11) is 1.70. The van der Waals surface area contributed by atoms with Gasteiger partial charge in [0.25, 0.3) is 0 Å². The van der Waals surface area contributed by atoms with Crippen molar-refractivity contribution >= 4 is 40.6 Å². The van der Waals surface area contributed by atoms with E-state index in [1.165, 1.54) is 11.3 Å². The summed E-state index contributed by atoms with van der Waals surface area (Å²) >= 11 is 3.02. The Hall–Kier alpha value is -4.13. The molecule has 2 N–H and O–H groups in total. The Labute approximate surface area is 316 Å². The Kier molecular flexibility index (Phi) is 15.8. The number of thiazole rings is 2. The zero-order valence-corrected chi connectivity index (χ0v) is 32.8. The van der Waals surface area contributed by atoms with E-state index in [4.69, 9.17) is 9.47 Å². The van der Waals surface area contributed by atoms with E-state index in [1.807, 2.05) is 74.7 Å². The summed E-state index contributed by atoms with van der Waals surface area (Å²) in [6, 6.07) is 18.7. The van der Waals surface area contributed by atoms with E-state index in [1.54, 1.807) is 35.0 Å². The molecule has 280 valence electrons. The van der Waals surface area contributed by atoms with Gasteiger partial charge in [-0.25, -0.2) is 14.6 Å². The third-order valence-corrected chi connectivity index (χ3v) is 10.4. The van der Waals surface area contributed by atoms with Crippen molar-refractivity contribution in [3.05, 3.63) is 104 Å². The number of nitrogens with zero attached hydrogens (tertiary/aromatic N) is 3. The number of ketones is 1. The summed E-state index contributed by atoms with van der Waals surface area (Å²) in [6.45, 7) is 10.5. The topological polar surface area (TPSA) is 123 Å². The summed E-state index contributed by atoms with van der Waals surface area (Å²) in [4.78, 5) is 51.7. The number of alkyl carbamates (subject to hydrolysis) is 1. The average molecular weight is 748 g/mol. The molecule has 0 radical (unpaired) electrons. The minimum absolute atomic E-state index is 0.0535. The van der Waals surface area contributed by atoms with Crippen LogP contribution in [0, 0.1) is 5.92 Å². The molecule has 52 heavy (non-hydrogen) atoms. The fourth-order valence-corrected chi connectivity index (χ4v) is 6.98. The van der Waals surface area contributed by atoms with Crippen LogP contribution in [-0.4, -0.2) is 64.1 Å². The van der Waals surface area contributed by atoms with Crippen LogP contribution in [0.2, 0.25) is 0 Å². The minimum atomic E-state index is -0.839. The van der Waals surface area contributed by atoms with Crippen LogP contribution in [0.5, 0.6) is 0 Å². The number of urea groups is 1. The SMILES string of the molecule is CC(C)c1nc(CN(C)C(=O)NC(COC(C)(C)C)C(=O)CC(CCC(Cc2ccccc2)NC(=O)OCc2cncs2)Cc2ccccc2)cs1. The van der Waals surface area contributed by atoms with Crippen molar-refractivity contribution in [3.8, 4) is 0 Å². The monoisotopic (exact) mass is 747 g/mol. The third-order valence-electron chi connectivity index (χ3n) is 8.43. The molecule has 2 heterocycles. The predicted molar refractivity (Wildman–Crippen MR) is 208 cm³/mol. The van der Waals surface area contributed by atoms with Gasteiger partial charge in [-0.1, -0.05) is 74.5 Å². The molecule has 0 aliphatic carbocycles. The highest BCUT2D eigenvalue weighted by Gasteiger charge is 2.28. The molecule has 0 bridgehead atoms. The highest BCUT2D eigenvalue weighted by atomic mass is 32.1. The van der Waals surface area contributed by atoms with E-state index in [-0.39, 0.29) is 43.4 Å². The number of benzene rings is 2. The second kappa shape index (κ2) is 20.2. The molecular weight excluding hydrogens is 695 g/mol. The number of carbonyl (C=O) groups is 3. The highest BCUT2D eigenvalue weighted by Crippen LogP contribution is 2.23. The number of amides is 3. The van der Waals surface area contributed by atoms with Gasteiger partial charge in [0.05, 0.1) is 39.8 Å². The molecule has 0 aliphatic rings. The van der Waals surface area contributed by atoms with Gasteiger partial charge in [0.2, 0.25) is 0 Å². The van der Waals surface area contributed by atoms with Crippen molar-refractivity contribution in [2.45, 2.75) is 103 Å². The van der Waals surface area contributed by atoms with E-state index >= 15 is 0 Å². The Morgan fingerprint density at radius 3 is 2.17 bits per heavy atom. The first kappa shape index (κ1) is 40.6. The quantitative estimate of drug-likeness (QED) is 0.0992. The Bertz CT molecular complexity index is 1660. The maximum absolute atomic E-state index is 14.1. The van der Waals surface area contributed by atoms with Crippen LogP contribution in [-0.2, 0) is 40.3 Å². The summed E-state index contributed by atoms with van der Waals surface area (Å²) in [5.41, 5.74) is 4.23. The van der Waals surface area contributed by atoms with Gasteiger partial charge in [0.15, 0.2) is 5.78 Å². The molecule has 4 rings (SSSR count). The molecular formula is C40H53N5O5S2. The summed E-state index contributed by atoms with van der Waals surface area (Å²) in [6.07, 6.45) is 4.00. The van der Waals surface area contributed by atoms with Crippen LogP contribution in [0.3, 0.4) is 0 Å². The molecule has 3 amide bonds. The first-order valence-electron chi connectivity index (χ1n) is 17.9. The molecule has 10 nitrogen and oxygen atoms in total. The Balaban J connectivity index is 1.47. The zero-order chi connectivity index (χ0) is 37.5. The second-order valence-electron chi connectivity index (χ2n) is 14.5. The van der Waals surface area contributed by atoms with E-state index < -0.39 is 17.7 Å². The van der Waals surface area contributed by atoms with E-state index in [2.05, 4.69) is 46.6 Å². The molecule has 3 unspecified atom stereocenters. The fraction of sp³-hybridized carbons (Fsp3) is 0.475. The smallest absolute Gasteiger partial charge is 0.407 e. The lowest BCUT2D eigenvalue weighted by atomic mass is 9.86. The first-order valence-corrected chi connectivity index (χ1v) is 19.6. The number of Topliss-reactive ketones (excluding diaryl/α,β-unsaturated/α-hetero) is 1. The van der Waals surface area contributed by atoms with Gasteiger partial charge in [-0.05, 0) is 63.5 Å². The number of nitrogens with one attached hydrogen (secondary N) is 2. The van der Waals surface area contributed by atoms with Gasteiger partial charge in [0.1, 0.15) is 12.6 Å². The lowest BCUT2D eigenvalue weighted by Crippen LogP contribution is -2.50. The number of hydrogen-bond acceptors (Lipinski definition) is 9. The summed E-state index contributed by atoms with van der Waals surface area (Å²) < 4.78 is 11.6. The molecule has 4 aromatic rings. The van der Waals surface area contributed by atoms with Crippen molar-refractivity contribution in [2.75, 3.05) is 13.7 Å². The van der Waals surface area contributed by atoms with Crippen LogP contribution in [0.1, 0.15) is 86.5 Å². The van der Waals surface area contributed by atoms with Gasteiger partial charge < -0.3 is 25.0 Å². The van der Waals surface area contributed by atoms with Crippen LogP contribution in [0.15, 0.2) is 77.8 Å². The van der Waals surface area contributed by atoms with Crippen LogP contribution in [0.4, 0.5) is 9.59 Å². The molecule has 12 heteroatoms. The summed E-state index contributed by atoms with van der Waals surface area (Å²) in [5.74, 6) is 0.157. The number of ether oxygens (including phenoxy) is 2. The zero-order valence-electron chi connectivity index (χ0n) is 31.2. The number of carbonyl (C=O) groups excluding carboxylic acids is 3. The molecule has 0 saturated heterocycles. The van der Waals surface area contributed by atoms with Crippen LogP contribution < -0.4 is 10.6 Å². The highest BCUT2D eigenvalue weighted by molar-refractivity contribution is 7.09. The Morgan fingerprint density at radius 1 is 0.904 bits per heavy atom. The van der Waals surface area contributed by atoms with Crippen molar-refractivity contribution in [2.24, 2.45) is 5.92 Å². The van der Waals surface area contributed by atoms with E-state index in [0.717, 1.165) is 26.7 Å². The fourth-order valence-electron chi connectivity index (χ4n) is 5.65. The maximum atomic E-state index is 14.1. The standard InChI is InChI=1S/C40H53N5O5S2/c1-28(2)37-42-33(26-51-37)23-45(6)38(47)44-35(25-50-40(3,4)5)36(46)21-31(19-29-13-9-7-10-14-29)17-18-32(20-30-15-11-8-12-16-30)43-39(48)49-24-34-22-41-27-52-34/h7-16,22,26-28,31-32,35H,17-21,23-25H2,1-6H3,(H,43,48)(H,44,47). The van der Waals surface area contributed by atoms with Gasteiger partial charge in [0, 0.05) is 37.0 Å². The number of rotatable bonds is 19. The minimum Gasteiger partial charge on any atom is -0.444 e. The van der Waals surface area contributed by atoms with Gasteiger partial charge in [-0.3, -0.25) is 9.78 Å². The summed E-state index contributed by atoms with van der Waals surface area (Å²) in [5, 5.41) is 9.04. The normalized spacial score (nSPS) is 13.3. The van der Waals surface area contributed by atoms with Crippen molar-refractivity contribution in [1.82, 2.24) is 25.5 Å². The molecule has 0 spiro atoms. The Morgan fingerprint density at radius 2 is 1.58 bits per heavy atom. The van der Waals surface area contributed by atoms with E-state index in [9.17, 15) is 14.4 Å². The first-order chi connectivity index (χ1) is 24.8. The van der Waals surface area contributed by atoms with Crippen LogP contribution >= 0.6 is 22.7 Å². The molecule has 0 saturated carbocycles. The lowest BCUT2D eigenvalue weighted by molar-refractivity contribution is -0.125. The maximum Gasteiger partial charge on any atom is 0.407 e. The van der Waals surface area contributed by atoms with Gasteiger partial charge >= 0.3 is 12.1 Å². The van der Waals surface area contributed by atoms with Crippen LogP contribution in [0.25, 0.3) is 0 Å². The largest absolute Gasteiger partial charge is 0.444 e. The third kappa shape index (κ3) is 14.5. The predicted octanol–water partition coefficient (Wildman–Crippen LogP) is 8.18. The molecule has 2 aromatic carbocycles. The molecule has 3 atom stereocenters. The molecule has 0 fully saturated rings. The lowest BCUT2D eigenvalue weighted by Gasteiger charge is -2.28. The average Bonchev–Trinajstić information content (AvgIpc) is 3.81.